The fourth-order valence-corrected chi connectivity index (χ4v) is 3.30. The Kier molecular flexibility index (Phi) is 5.70. The molecule has 1 fully saturated rings. The topological polar surface area (TPSA) is 93.2 Å². The lowest BCUT2D eigenvalue weighted by atomic mass is 10.4. The maximum Gasteiger partial charge on any atom is 0.321 e. The number of carbonyl (C=O) groups excluding carboxylic acids is 2. The molecule has 0 amide bonds. The molecule has 0 bridgehead atoms. The van der Waals surface area contributed by atoms with Crippen molar-refractivity contribution in [2.45, 2.75) is 12.8 Å². The highest BCUT2D eigenvalue weighted by atomic mass is 32.2. The Morgan fingerprint density at radius 3 is 1.84 bits per heavy atom. The third kappa shape index (κ3) is 4.15. The maximum absolute atomic E-state index is 12.3. The van der Waals surface area contributed by atoms with E-state index in [1.54, 1.807) is 0 Å². The largest absolute Gasteiger partial charge is 0.468 e. The zero-order valence-electron chi connectivity index (χ0n) is 11.0. The number of hydrogen-bond acceptors (Lipinski definition) is 6. The number of hydrogen-bond donors (Lipinski definition) is 0. The Labute approximate surface area is 112 Å². The van der Waals surface area contributed by atoms with E-state index in [0.29, 0.717) is 13.1 Å². The van der Waals surface area contributed by atoms with Crippen molar-refractivity contribution in [2.75, 3.05) is 40.4 Å². The molecule has 8 nitrogen and oxygen atoms in total. The fourth-order valence-electron chi connectivity index (χ4n) is 1.72. The lowest BCUT2D eigenvalue weighted by molar-refractivity contribution is -0.143. The Morgan fingerprint density at radius 2 is 1.47 bits per heavy atom. The molecule has 0 radical (unpaired) electrons. The molecule has 0 aromatic carbocycles. The van der Waals surface area contributed by atoms with Crippen molar-refractivity contribution in [1.29, 1.82) is 0 Å². The minimum absolute atomic E-state index is 0.390. The zero-order valence-corrected chi connectivity index (χ0v) is 11.8. The van der Waals surface area contributed by atoms with Gasteiger partial charge in [0.25, 0.3) is 10.2 Å². The zero-order chi connectivity index (χ0) is 14.5. The molecule has 1 rings (SSSR count). The quantitative estimate of drug-likeness (QED) is 0.582. The third-order valence-electron chi connectivity index (χ3n) is 2.78. The van der Waals surface area contributed by atoms with Gasteiger partial charge >= 0.3 is 11.9 Å². The number of methoxy groups -OCH3 is 2. The van der Waals surface area contributed by atoms with Crippen LogP contribution < -0.4 is 0 Å². The number of rotatable bonds is 6. The molecule has 0 aromatic rings. The summed E-state index contributed by atoms with van der Waals surface area (Å²) >= 11 is 0. The van der Waals surface area contributed by atoms with Gasteiger partial charge < -0.3 is 9.47 Å². The van der Waals surface area contributed by atoms with Crippen molar-refractivity contribution in [3.63, 3.8) is 0 Å². The molecule has 19 heavy (non-hydrogen) atoms. The van der Waals surface area contributed by atoms with Gasteiger partial charge in [-0.3, -0.25) is 9.59 Å². The van der Waals surface area contributed by atoms with Gasteiger partial charge in [0.15, 0.2) is 0 Å². The van der Waals surface area contributed by atoms with Crippen LogP contribution in [0, 0.1) is 0 Å². The molecule has 0 N–H and O–H groups in total. The first-order valence-corrected chi connectivity index (χ1v) is 7.20. The first-order chi connectivity index (χ1) is 8.91. The average Bonchev–Trinajstić information content (AvgIpc) is 2.91. The Bertz CT molecular complexity index is 411. The van der Waals surface area contributed by atoms with Crippen LogP contribution in [0.5, 0.6) is 0 Å². The summed E-state index contributed by atoms with van der Waals surface area (Å²) in [5, 5.41) is 0. The lowest BCUT2D eigenvalue weighted by Gasteiger charge is -2.25. The second kappa shape index (κ2) is 6.83. The standard InChI is InChI=1S/C10H18N2O6S/c1-17-9(13)7-12(8-10(14)18-2)19(15,16)11-5-3-4-6-11/h3-8H2,1-2H3. The van der Waals surface area contributed by atoms with Gasteiger partial charge in [-0.15, -0.1) is 0 Å². The van der Waals surface area contributed by atoms with E-state index >= 15 is 0 Å². The van der Waals surface area contributed by atoms with Crippen LogP contribution in [-0.4, -0.2) is 69.4 Å². The third-order valence-corrected chi connectivity index (χ3v) is 4.71. The van der Waals surface area contributed by atoms with Crippen molar-refractivity contribution in [3.8, 4) is 0 Å². The van der Waals surface area contributed by atoms with Crippen LogP contribution in [0.15, 0.2) is 0 Å². The van der Waals surface area contributed by atoms with Crippen LogP contribution in [0.3, 0.4) is 0 Å². The summed E-state index contributed by atoms with van der Waals surface area (Å²) in [4.78, 5) is 22.5. The van der Waals surface area contributed by atoms with Crippen molar-refractivity contribution < 1.29 is 27.5 Å². The number of ether oxygens (including phenoxy) is 2. The maximum atomic E-state index is 12.3. The monoisotopic (exact) mass is 294 g/mol. The highest BCUT2D eigenvalue weighted by molar-refractivity contribution is 7.86. The molecular formula is C10H18N2O6S. The second-order valence-electron chi connectivity index (χ2n) is 4.03. The summed E-state index contributed by atoms with van der Waals surface area (Å²) in [7, 11) is -1.54. The van der Waals surface area contributed by atoms with Crippen molar-refractivity contribution >= 4 is 22.1 Å². The van der Waals surface area contributed by atoms with Gasteiger partial charge in [0.2, 0.25) is 0 Å². The van der Waals surface area contributed by atoms with Crippen LogP contribution in [0.1, 0.15) is 12.8 Å². The van der Waals surface area contributed by atoms with Gasteiger partial charge in [-0.25, -0.2) is 0 Å². The van der Waals surface area contributed by atoms with E-state index in [9.17, 15) is 18.0 Å². The second-order valence-corrected chi connectivity index (χ2v) is 5.96. The van der Waals surface area contributed by atoms with Crippen LogP contribution in [-0.2, 0) is 29.3 Å². The summed E-state index contributed by atoms with van der Waals surface area (Å²) in [6.07, 6.45) is 1.53. The number of nitrogens with zero attached hydrogens (tertiary/aromatic N) is 2. The summed E-state index contributed by atoms with van der Waals surface area (Å²) < 4.78 is 35.4. The van der Waals surface area contributed by atoms with Gasteiger partial charge in [0.05, 0.1) is 14.2 Å². The first-order valence-electron chi connectivity index (χ1n) is 5.80. The van der Waals surface area contributed by atoms with E-state index in [1.165, 1.54) is 4.31 Å². The summed E-state index contributed by atoms with van der Waals surface area (Å²) in [6, 6.07) is 0. The summed E-state index contributed by atoms with van der Waals surface area (Å²) in [6.45, 7) is -0.239. The summed E-state index contributed by atoms with van der Waals surface area (Å²) in [5.74, 6) is -1.46. The number of carbonyl (C=O) groups is 2. The van der Waals surface area contributed by atoms with Crippen LogP contribution in [0.4, 0.5) is 0 Å². The van der Waals surface area contributed by atoms with Crippen LogP contribution >= 0.6 is 0 Å². The van der Waals surface area contributed by atoms with Gasteiger partial charge in [-0.2, -0.15) is 17.0 Å². The van der Waals surface area contributed by atoms with Crippen molar-refractivity contribution in [3.05, 3.63) is 0 Å². The van der Waals surface area contributed by atoms with Crippen LogP contribution in [0.25, 0.3) is 0 Å². The molecule has 0 aromatic heterocycles. The molecule has 0 spiro atoms. The molecule has 1 saturated heterocycles. The molecule has 0 aliphatic carbocycles. The minimum Gasteiger partial charge on any atom is -0.468 e. The normalized spacial score (nSPS) is 16.6. The lowest BCUT2D eigenvalue weighted by Crippen LogP contribution is -2.47. The molecule has 0 saturated carbocycles. The van der Waals surface area contributed by atoms with Gasteiger partial charge in [-0.1, -0.05) is 0 Å². The van der Waals surface area contributed by atoms with E-state index in [-0.39, 0.29) is 0 Å². The van der Waals surface area contributed by atoms with Crippen molar-refractivity contribution in [2.24, 2.45) is 0 Å². The van der Waals surface area contributed by atoms with Crippen LogP contribution in [0.2, 0.25) is 0 Å². The fraction of sp³-hybridized carbons (Fsp3) is 0.800. The van der Waals surface area contributed by atoms with E-state index < -0.39 is 35.2 Å². The molecule has 9 heteroatoms. The van der Waals surface area contributed by atoms with E-state index in [1.807, 2.05) is 0 Å². The summed E-state index contributed by atoms with van der Waals surface area (Å²) in [5.41, 5.74) is 0. The molecule has 0 atom stereocenters. The number of esters is 2. The Balaban J connectivity index is 2.87. The molecule has 0 unspecified atom stereocenters. The van der Waals surface area contributed by atoms with Gasteiger partial charge in [-0.05, 0) is 12.8 Å². The highest BCUT2D eigenvalue weighted by Crippen LogP contribution is 2.16. The highest BCUT2D eigenvalue weighted by Gasteiger charge is 2.34. The molecular weight excluding hydrogens is 276 g/mol. The Hall–Kier alpha value is -1.19. The van der Waals surface area contributed by atoms with E-state index in [2.05, 4.69) is 9.47 Å². The van der Waals surface area contributed by atoms with E-state index in [0.717, 1.165) is 31.4 Å². The first kappa shape index (κ1) is 15.9. The van der Waals surface area contributed by atoms with E-state index in [4.69, 9.17) is 0 Å². The van der Waals surface area contributed by atoms with Gasteiger partial charge in [0.1, 0.15) is 13.1 Å². The average molecular weight is 294 g/mol. The Morgan fingerprint density at radius 1 is 1.05 bits per heavy atom. The SMILES string of the molecule is COC(=O)CN(CC(=O)OC)S(=O)(=O)N1CCCC1. The predicted molar refractivity (Wildman–Crippen MR) is 65.3 cm³/mol. The smallest absolute Gasteiger partial charge is 0.321 e. The molecule has 1 aliphatic heterocycles. The minimum atomic E-state index is -3.85. The van der Waals surface area contributed by atoms with Crippen molar-refractivity contribution in [1.82, 2.24) is 8.61 Å². The van der Waals surface area contributed by atoms with Gasteiger partial charge in [0, 0.05) is 13.1 Å². The molecule has 1 aliphatic rings. The molecule has 110 valence electrons. The predicted octanol–water partition coefficient (Wildman–Crippen LogP) is -1.02. The molecule has 1 heterocycles.